The van der Waals surface area contributed by atoms with Gasteiger partial charge in [-0.3, -0.25) is 9.80 Å². The number of hydrogen-bond acceptors (Lipinski definition) is 6. The summed E-state index contributed by atoms with van der Waals surface area (Å²) in [6.45, 7) is 4.64. The number of carbonyl (C=O) groups excluding carboxylic acids is 1. The number of piperazine rings is 1. The third kappa shape index (κ3) is 5.36. The van der Waals surface area contributed by atoms with Crippen LogP contribution < -0.4 is 11.1 Å². The van der Waals surface area contributed by atoms with Crippen LogP contribution in [0.4, 0.5) is 14.9 Å². The first-order chi connectivity index (χ1) is 16.7. The monoisotopic (exact) mass is 508 g/mol. The Bertz CT molecular complexity index is 1110. The van der Waals surface area contributed by atoms with E-state index < -0.39 is 22.1 Å². The Hall–Kier alpha value is -2.51. The van der Waals surface area contributed by atoms with Crippen LogP contribution in [0.25, 0.3) is 0 Å². The number of primary amides is 1. The number of ether oxygens (including phenoxy) is 1. The lowest BCUT2D eigenvalue weighted by atomic mass is 10.1. The van der Waals surface area contributed by atoms with E-state index in [9.17, 15) is 13.2 Å². The molecule has 1 aromatic rings. The number of allylic oxidation sites excluding steroid dienone is 2. The lowest BCUT2D eigenvalue weighted by Gasteiger charge is -2.43. The molecule has 2 saturated heterocycles. The molecule has 4 rings (SSSR count). The number of benzene rings is 1. The zero-order chi connectivity index (χ0) is 25.2. The number of nitrogens with zero attached hydrogens (tertiary/aromatic N) is 4. The molecule has 3 heterocycles. The Kier molecular flexibility index (Phi) is 7.77. The second kappa shape index (κ2) is 10.6. The molecule has 0 aliphatic carbocycles. The van der Waals surface area contributed by atoms with Crippen molar-refractivity contribution in [2.45, 2.75) is 32.0 Å². The van der Waals surface area contributed by atoms with E-state index in [0.29, 0.717) is 50.7 Å². The number of amides is 2. The molecule has 10 nitrogen and oxygen atoms in total. The fourth-order valence-electron chi connectivity index (χ4n) is 4.58. The first kappa shape index (κ1) is 25.6. The molecule has 12 heteroatoms. The van der Waals surface area contributed by atoms with E-state index in [4.69, 9.17) is 10.5 Å². The van der Waals surface area contributed by atoms with Crippen molar-refractivity contribution < 1.29 is 22.3 Å². The van der Waals surface area contributed by atoms with Crippen molar-refractivity contribution in [2.75, 3.05) is 51.8 Å². The highest BCUT2D eigenvalue weighted by Gasteiger charge is 2.38. The highest BCUT2D eigenvalue weighted by Crippen LogP contribution is 2.26. The lowest BCUT2D eigenvalue weighted by Crippen LogP contribution is -2.60. The number of methoxy groups -OCH3 is 1. The number of carbonyl (C=O) groups is 1. The summed E-state index contributed by atoms with van der Waals surface area (Å²) in [6.07, 6.45) is 6.16. The van der Waals surface area contributed by atoms with E-state index in [0.717, 1.165) is 6.42 Å². The fourth-order valence-corrected chi connectivity index (χ4v) is 6.30. The van der Waals surface area contributed by atoms with Gasteiger partial charge in [0.1, 0.15) is 5.82 Å². The van der Waals surface area contributed by atoms with Gasteiger partial charge in [-0.1, -0.05) is 24.3 Å². The number of rotatable bonds is 8. The Labute approximate surface area is 206 Å². The Morgan fingerprint density at radius 3 is 2.66 bits per heavy atom. The number of hydrogen-bond donors (Lipinski definition) is 2. The first-order valence-electron chi connectivity index (χ1n) is 11.7. The van der Waals surface area contributed by atoms with Crippen LogP contribution in [-0.4, -0.2) is 91.4 Å². The van der Waals surface area contributed by atoms with Crippen molar-refractivity contribution >= 4 is 21.9 Å². The van der Waals surface area contributed by atoms with Crippen LogP contribution in [0.15, 0.2) is 42.2 Å². The predicted molar refractivity (Wildman–Crippen MR) is 131 cm³/mol. The van der Waals surface area contributed by atoms with Gasteiger partial charge >= 0.3 is 6.03 Å². The van der Waals surface area contributed by atoms with Crippen molar-refractivity contribution in [3.8, 4) is 0 Å². The van der Waals surface area contributed by atoms with Crippen LogP contribution in [0.5, 0.6) is 0 Å². The lowest BCUT2D eigenvalue weighted by molar-refractivity contribution is 0.0425. The van der Waals surface area contributed by atoms with Crippen molar-refractivity contribution in [1.82, 2.24) is 18.4 Å². The molecule has 3 N–H and O–H groups in total. The summed E-state index contributed by atoms with van der Waals surface area (Å²) >= 11 is 0. The van der Waals surface area contributed by atoms with Gasteiger partial charge in [0.05, 0.1) is 18.3 Å². The van der Waals surface area contributed by atoms with Crippen LogP contribution >= 0.6 is 0 Å². The Balaban J connectivity index is 1.49. The van der Waals surface area contributed by atoms with E-state index in [2.05, 4.69) is 5.32 Å². The fraction of sp³-hybridized carbons (Fsp3) is 0.522. The Morgan fingerprint density at radius 1 is 1.23 bits per heavy atom. The molecule has 2 amide bonds. The van der Waals surface area contributed by atoms with Gasteiger partial charge in [-0.25, -0.2) is 9.18 Å². The van der Waals surface area contributed by atoms with Gasteiger partial charge in [0.25, 0.3) is 10.2 Å². The van der Waals surface area contributed by atoms with Crippen LogP contribution in [0.1, 0.15) is 18.9 Å². The molecule has 192 valence electrons. The predicted octanol–water partition coefficient (Wildman–Crippen LogP) is 1.50. The quantitative estimate of drug-likeness (QED) is 0.551. The summed E-state index contributed by atoms with van der Waals surface area (Å²) < 4.78 is 49.6. The van der Waals surface area contributed by atoms with Crippen molar-refractivity contribution in [2.24, 2.45) is 5.73 Å². The largest absolute Gasteiger partial charge is 0.383 e. The third-order valence-corrected chi connectivity index (χ3v) is 8.66. The minimum absolute atomic E-state index is 0.210. The zero-order valence-electron chi connectivity index (χ0n) is 20.1. The molecule has 3 aliphatic heterocycles. The van der Waals surface area contributed by atoms with Crippen LogP contribution in [0, 0.1) is 5.82 Å². The van der Waals surface area contributed by atoms with E-state index >= 15 is 4.39 Å². The van der Waals surface area contributed by atoms with Gasteiger partial charge in [0.2, 0.25) is 0 Å². The maximum Gasteiger partial charge on any atom is 0.320 e. The summed E-state index contributed by atoms with van der Waals surface area (Å²) in [7, 11) is -1.90. The molecule has 2 atom stereocenters. The molecule has 3 aliphatic rings. The molecular weight excluding hydrogens is 475 g/mol. The standard InChI is InChI=1S/C23H33FN6O4S/c1-17-6-3-9-21(30(17)23(25)31)26-20-8-4-7-18(22(20)24)14-27-12-13-29(15-19(27)16-34-2)35(32,33)28-10-5-11-28/h3-4,6-9,17,19,26H,5,10-16H2,1-2H3,(H2,25,31)/t17?,19-/m0/s1. The molecule has 0 spiro atoms. The van der Waals surface area contributed by atoms with Gasteiger partial charge in [-0.2, -0.15) is 17.0 Å². The smallest absolute Gasteiger partial charge is 0.320 e. The van der Waals surface area contributed by atoms with E-state index in [1.807, 2.05) is 17.9 Å². The van der Waals surface area contributed by atoms with Crippen LogP contribution in [-0.2, 0) is 21.5 Å². The van der Waals surface area contributed by atoms with Crippen molar-refractivity contribution in [1.29, 1.82) is 0 Å². The number of nitrogens with two attached hydrogens (primary N) is 1. The van der Waals surface area contributed by atoms with Crippen molar-refractivity contribution in [3.63, 3.8) is 0 Å². The van der Waals surface area contributed by atoms with Gasteiger partial charge in [-0.05, 0) is 25.5 Å². The van der Waals surface area contributed by atoms with Gasteiger partial charge < -0.3 is 15.8 Å². The number of anilines is 1. The minimum Gasteiger partial charge on any atom is -0.383 e. The number of halogens is 1. The van der Waals surface area contributed by atoms with E-state index in [-0.39, 0.29) is 24.3 Å². The molecule has 1 unspecified atom stereocenters. The van der Waals surface area contributed by atoms with Crippen molar-refractivity contribution in [3.05, 3.63) is 53.6 Å². The van der Waals surface area contributed by atoms with Crippen LogP contribution in [0.2, 0.25) is 0 Å². The minimum atomic E-state index is -3.47. The molecule has 1 aromatic carbocycles. The summed E-state index contributed by atoms with van der Waals surface area (Å²) in [4.78, 5) is 15.3. The average Bonchev–Trinajstić information content (AvgIpc) is 2.76. The van der Waals surface area contributed by atoms with Gasteiger partial charge in [0, 0.05) is 58.0 Å². The summed E-state index contributed by atoms with van der Waals surface area (Å²) in [5.74, 6) is -0.0440. The summed E-state index contributed by atoms with van der Waals surface area (Å²) in [5.41, 5.74) is 6.21. The average molecular weight is 509 g/mol. The highest BCUT2D eigenvalue weighted by molar-refractivity contribution is 7.86. The molecule has 35 heavy (non-hydrogen) atoms. The maximum absolute atomic E-state index is 15.5. The molecule has 2 fully saturated rings. The van der Waals surface area contributed by atoms with Gasteiger partial charge in [0.15, 0.2) is 5.82 Å². The molecule has 0 saturated carbocycles. The first-order valence-corrected chi connectivity index (χ1v) is 13.1. The second-order valence-electron chi connectivity index (χ2n) is 8.99. The van der Waals surface area contributed by atoms with Gasteiger partial charge in [-0.15, -0.1) is 0 Å². The molecule has 0 aromatic heterocycles. The third-order valence-electron chi connectivity index (χ3n) is 6.66. The maximum atomic E-state index is 15.5. The normalized spacial score (nSPS) is 24.2. The zero-order valence-corrected chi connectivity index (χ0v) is 20.9. The molecule has 0 radical (unpaired) electrons. The number of urea groups is 1. The molecule has 0 bridgehead atoms. The summed E-state index contributed by atoms with van der Waals surface area (Å²) in [5, 5.41) is 3.00. The molecular formula is C23H33FN6O4S. The second-order valence-corrected chi connectivity index (χ2v) is 10.9. The SMILES string of the molecule is COC[C@@H]1CN(S(=O)(=O)N2CCC2)CCN1Cc1cccc(NC2=CC=CC(C)N2C(N)=O)c1F. The van der Waals surface area contributed by atoms with Crippen LogP contribution in [0.3, 0.4) is 0 Å². The highest BCUT2D eigenvalue weighted by atomic mass is 32.2. The van der Waals surface area contributed by atoms with E-state index in [1.54, 1.807) is 37.5 Å². The number of nitrogens with one attached hydrogen (secondary N) is 1. The Morgan fingerprint density at radius 2 is 2.00 bits per heavy atom. The van der Waals surface area contributed by atoms with E-state index in [1.165, 1.54) is 13.5 Å². The topological polar surface area (TPSA) is 111 Å². The summed E-state index contributed by atoms with van der Waals surface area (Å²) in [6, 6.07) is 3.95.